The first kappa shape index (κ1) is 12.8. The van der Waals surface area contributed by atoms with E-state index in [0.717, 1.165) is 16.9 Å². The number of rotatable bonds is 2. The molecule has 3 N–H and O–H groups in total. The topological polar surface area (TPSA) is 38.0 Å². The molecule has 18 heavy (non-hydrogen) atoms. The molecule has 2 rings (SSSR count). The molecule has 0 saturated heterocycles. The third kappa shape index (κ3) is 2.59. The summed E-state index contributed by atoms with van der Waals surface area (Å²) < 4.78 is 0. The van der Waals surface area contributed by atoms with Crippen LogP contribution in [0.3, 0.4) is 0 Å². The molecule has 0 fully saturated rings. The van der Waals surface area contributed by atoms with Gasteiger partial charge in [0, 0.05) is 11.4 Å². The predicted molar refractivity (Wildman–Crippen MR) is 79.8 cm³/mol. The predicted octanol–water partition coefficient (Wildman–Crippen LogP) is 4.59. The van der Waals surface area contributed by atoms with Crippen molar-refractivity contribution in [1.82, 2.24) is 0 Å². The van der Waals surface area contributed by atoms with E-state index in [1.54, 1.807) is 0 Å². The van der Waals surface area contributed by atoms with Crippen LogP contribution in [-0.4, -0.2) is 0 Å². The summed E-state index contributed by atoms with van der Waals surface area (Å²) in [5, 5.41) is 4.01. The van der Waals surface area contributed by atoms with Crippen molar-refractivity contribution in [1.29, 1.82) is 0 Å². The van der Waals surface area contributed by atoms with E-state index in [4.69, 9.17) is 17.3 Å². The molecule has 0 heterocycles. The Bertz CT molecular complexity index is 591. The largest absolute Gasteiger partial charge is 0.397 e. The minimum atomic E-state index is 0.593. The summed E-state index contributed by atoms with van der Waals surface area (Å²) in [7, 11) is 0. The van der Waals surface area contributed by atoms with Gasteiger partial charge >= 0.3 is 0 Å². The third-order valence-corrected chi connectivity index (χ3v) is 3.33. The summed E-state index contributed by atoms with van der Waals surface area (Å²) in [4.78, 5) is 0. The molecule has 0 aromatic heterocycles. The highest BCUT2D eigenvalue weighted by Gasteiger charge is 2.05. The maximum absolute atomic E-state index is 5.99. The van der Waals surface area contributed by atoms with Gasteiger partial charge in [-0.1, -0.05) is 23.7 Å². The van der Waals surface area contributed by atoms with E-state index in [-0.39, 0.29) is 0 Å². The molecule has 0 amide bonds. The monoisotopic (exact) mass is 260 g/mol. The van der Waals surface area contributed by atoms with Gasteiger partial charge in [0.2, 0.25) is 0 Å². The zero-order chi connectivity index (χ0) is 13.3. The molecule has 0 radical (unpaired) electrons. The van der Waals surface area contributed by atoms with Crippen molar-refractivity contribution in [2.45, 2.75) is 20.8 Å². The van der Waals surface area contributed by atoms with Gasteiger partial charge in [-0.3, -0.25) is 0 Å². The van der Waals surface area contributed by atoms with E-state index < -0.39 is 0 Å². The fraction of sp³-hybridized carbons (Fsp3) is 0.200. The molecule has 0 aliphatic heterocycles. The molecule has 0 saturated carbocycles. The number of halogens is 1. The molecule has 2 aromatic rings. The molecule has 94 valence electrons. The standard InChI is InChI=1S/C15H17ClN2/c1-9-4-5-10(2)14(6-9)18-15-8-13(17)12(16)7-11(15)3/h4-8,18H,17H2,1-3H3. The van der Waals surface area contributed by atoms with Crippen LogP contribution in [-0.2, 0) is 0 Å². The van der Waals surface area contributed by atoms with Gasteiger partial charge in [0.25, 0.3) is 0 Å². The number of aryl methyl sites for hydroxylation is 3. The van der Waals surface area contributed by atoms with Crippen LogP contribution in [0.2, 0.25) is 5.02 Å². The Morgan fingerprint density at radius 3 is 2.33 bits per heavy atom. The zero-order valence-electron chi connectivity index (χ0n) is 10.8. The fourth-order valence-corrected chi connectivity index (χ4v) is 2.06. The van der Waals surface area contributed by atoms with E-state index in [1.165, 1.54) is 11.1 Å². The van der Waals surface area contributed by atoms with Gasteiger partial charge in [0.1, 0.15) is 0 Å². The molecule has 0 aliphatic carbocycles. The zero-order valence-corrected chi connectivity index (χ0v) is 11.6. The summed E-state index contributed by atoms with van der Waals surface area (Å²) in [5.74, 6) is 0. The smallest absolute Gasteiger partial charge is 0.0639 e. The van der Waals surface area contributed by atoms with Crippen LogP contribution < -0.4 is 11.1 Å². The Morgan fingerprint density at radius 2 is 1.61 bits per heavy atom. The van der Waals surface area contributed by atoms with Gasteiger partial charge in [0.15, 0.2) is 0 Å². The summed E-state index contributed by atoms with van der Waals surface area (Å²) >= 11 is 5.99. The van der Waals surface area contributed by atoms with E-state index in [1.807, 2.05) is 19.1 Å². The number of hydrogen-bond acceptors (Lipinski definition) is 2. The highest BCUT2D eigenvalue weighted by Crippen LogP contribution is 2.30. The Morgan fingerprint density at radius 1 is 0.944 bits per heavy atom. The average Bonchev–Trinajstić information content (AvgIpc) is 2.30. The van der Waals surface area contributed by atoms with Crippen LogP contribution in [0.15, 0.2) is 30.3 Å². The second kappa shape index (κ2) is 4.91. The van der Waals surface area contributed by atoms with Gasteiger partial charge in [-0.15, -0.1) is 0 Å². The Balaban J connectivity index is 2.40. The van der Waals surface area contributed by atoms with Crippen molar-refractivity contribution in [3.8, 4) is 0 Å². The van der Waals surface area contributed by atoms with Crippen LogP contribution >= 0.6 is 11.6 Å². The maximum Gasteiger partial charge on any atom is 0.0639 e. The lowest BCUT2D eigenvalue weighted by Crippen LogP contribution is -1.98. The van der Waals surface area contributed by atoms with Gasteiger partial charge < -0.3 is 11.1 Å². The van der Waals surface area contributed by atoms with Crippen molar-refractivity contribution < 1.29 is 0 Å². The number of nitrogen functional groups attached to an aromatic ring is 1. The SMILES string of the molecule is Cc1ccc(C)c(Nc2cc(N)c(Cl)cc2C)c1. The highest BCUT2D eigenvalue weighted by molar-refractivity contribution is 6.33. The van der Waals surface area contributed by atoms with E-state index in [0.29, 0.717) is 10.7 Å². The Labute approximate surface area is 113 Å². The van der Waals surface area contributed by atoms with Gasteiger partial charge in [-0.25, -0.2) is 0 Å². The summed E-state index contributed by atoms with van der Waals surface area (Å²) in [6, 6.07) is 10.1. The van der Waals surface area contributed by atoms with Crippen molar-refractivity contribution in [2.75, 3.05) is 11.1 Å². The van der Waals surface area contributed by atoms with Gasteiger partial charge in [-0.05, 0) is 55.7 Å². The first-order valence-corrected chi connectivity index (χ1v) is 6.25. The number of hydrogen-bond donors (Lipinski definition) is 2. The summed E-state index contributed by atoms with van der Waals surface area (Å²) in [5.41, 5.74) is 12.0. The molecule has 0 unspecified atom stereocenters. The number of nitrogens with two attached hydrogens (primary N) is 1. The lowest BCUT2D eigenvalue weighted by molar-refractivity contribution is 1.36. The minimum Gasteiger partial charge on any atom is -0.397 e. The third-order valence-electron chi connectivity index (χ3n) is 3.01. The Hall–Kier alpha value is -1.67. The van der Waals surface area contributed by atoms with Crippen molar-refractivity contribution >= 4 is 28.7 Å². The lowest BCUT2D eigenvalue weighted by Gasteiger charge is -2.14. The summed E-state index contributed by atoms with van der Waals surface area (Å²) in [6.07, 6.45) is 0. The van der Waals surface area contributed by atoms with Crippen molar-refractivity contribution in [3.05, 3.63) is 52.0 Å². The quantitative estimate of drug-likeness (QED) is 0.775. The second-order valence-corrected chi connectivity index (χ2v) is 5.04. The fourth-order valence-electron chi connectivity index (χ4n) is 1.84. The highest BCUT2D eigenvalue weighted by atomic mass is 35.5. The van der Waals surface area contributed by atoms with Gasteiger partial charge in [-0.2, -0.15) is 0 Å². The molecule has 0 atom stereocenters. The average molecular weight is 261 g/mol. The molecular formula is C15H17ClN2. The second-order valence-electron chi connectivity index (χ2n) is 4.63. The van der Waals surface area contributed by atoms with Crippen LogP contribution in [0.25, 0.3) is 0 Å². The first-order chi connectivity index (χ1) is 8.47. The number of anilines is 3. The number of nitrogens with one attached hydrogen (secondary N) is 1. The van der Waals surface area contributed by atoms with Crippen LogP contribution in [0, 0.1) is 20.8 Å². The normalized spacial score (nSPS) is 10.4. The van der Waals surface area contributed by atoms with Crippen LogP contribution in [0.4, 0.5) is 17.1 Å². The number of benzene rings is 2. The van der Waals surface area contributed by atoms with E-state index in [2.05, 4.69) is 37.4 Å². The maximum atomic E-state index is 5.99. The van der Waals surface area contributed by atoms with Crippen molar-refractivity contribution in [2.24, 2.45) is 0 Å². The molecule has 0 bridgehead atoms. The molecule has 2 aromatic carbocycles. The van der Waals surface area contributed by atoms with Gasteiger partial charge in [0.05, 0.1) is 10.7 Å². The van der Waals surface area contributed by atoms with Crippen molar-refractivity contribution in [3.63, 3.8) is 0 Å². The Kier molecular flexibility index (Phi) is 3.48. The summed E-state index contributed by atoms with van der Waals surface area (Å²) in [6.45, 7) is 6.17. The molecule has 0 aliphatic rings. The van der Waals surface area contributed by atoms with Crippen LogP contribution in [0.5, 0.6) is 0 Å². The first-order valence-electron chi connectivity index (χ1n) is 5.87. The minimum absolute atomic E-state index is 0.593. The molecule has 0 spiro atoms. The van der Waals surface area contributed by atoms with E-state index in [9.17, 15) is 0 Å². The molecule has 3 heteroatoms. The molecular weight excluding hydrogens is 244 g/mol. The molecule has 2 nitrogen and oxygen atoms in total. The van der Waals surface area contributed by atoms with E-state index >= 15 is 0 Å². The van der Waals surface area contributed by atoms with Crippen LogP contribution in [0.1, 0.15) is 16.7 Å². The lowest BCUT2D eigenvalue weighted by atomic mass is 10.1.